The van der Waals surface area contributed by atoms with Crippen LogP contribution in [-0.2, 0) is 16.1 Å². The number of anilines is 1. The third-order valence-electron chi connectivity index (χ3n) is 5.37. The van der Waals surface area contributed by atoms with Gasteiger partial charge in [0.1, 0.15) is 11.6 Å². The van der Waals surface area contributed by atoms with Gasteiger partial charge in [-0.3, -0.25) is 19.0 Å². The summed E-state index contributed by atoms with van der Waals surface area (Å²) in [5.74, 6) is 0.118. The van der Waals surface area contributed by atoms with Gasteiger partial charge in [-0.1, -0.05) is 35.3 Å². The molecule has 1 aliphatic carbocycles. The quantitative estimate of drug-likeness (QED) is 0.600. The smallest absolute Gasteiger partial charge is 0.264 e. The summed E-state index contributed by atoms with van der Waals surface area (Å²) < 4.78 is 1.42. The molecule has 4 rings (SSSR count). The summed E-state index contributed by atoms with van der Waals surface area (Å²) in [4.78, 5) is 42.1. The van der Waals surface area contributed by atoms with E-state index in [1.54, 1.807) is 43.3 Å². The maximum Gasteiger partial charge on any atom is 0.264 e. The molecule has 8 heteroatoms. The molecule has 154 valence electrons. The van der Waals surface area contributed by atoms with Gasteiger partial charge in [-0.2, -0.15) is 0 Å². The van der Waals surface area contributed by atoms with E-state index >= 15 is 0 Å². The molecule has 1 aromatic heterocycles. The summed E-state index contributed by atoms with van der Waals surface area (Å²) in [6.07, 6.45) is 0.459. The number of Topliss-reactive ketones (excluding diaryl/α,β-unsaturated/α-hetero) is 2. The Kier molecular flexibility index (Phi) is 5.62. The van der Waals surface area contributed by atoms with Gasteiger partial charge in [-0.15, -0.1) is 0 Å². The molecule has 30 heavy (non-hydrogen) atoms. The Morgan fingerprint density at radius 2 is 1.80 bits per heavy atom. The summed E-state index contributed by atoms with van der Waals surface area (Å²) >= 11 is 12.5. The highest BCUT2D eigenvalue weighted by atomic mass is 35.5. The Hall–Kier alpha value is -2.70. The summed E-state index contributed by atoms with van der Waals surface area (Å²) in [5.41, 5.74) is 1.52. The normalized spacial score (nSPS) is 16.8. The highest BCUT2D eigenvalue weighted by Crippen LogP contribution is 2.28. The first-order chi connectivity index (χ1) is 14.4. The van der Waals surface area contributed by atoms with E-state index in [9.17, 15) is 14.4 Å². The minimum absolute atomic E-state index is 0.0883. The average Bonchev–Trinajstić information content (AvgIpc) is 2.69. The topological polar surface area (TPSA) is 81.1 Å². The zero-order valence-electron chi connectivity index (χ0n) is 16.2. The molecule has 1 aliphatic rings. The van der Waals surface area contributed by atoms with E-state index in [-0.39, 0.29) is 30.0 Å². The van der Waals surface area contributed by atoms with Gasteiger partial charge in [0.15, 0.2) is 5.78 Å². The summed E-state index contributed by atoms with van der Waals surface area (Å²) in [6.45, 7) is 2.02. The van der Waals surface area contributed by atoms with E-state index in [4.69, 9.17) is 23.2 Å². The van der Waals surface area contributed by atoms with E-state index in [2.05, 4.69) is 10.3 Å². The van der Waals surface area contributed by atoms with E-state index < -0.39 is 6.04 Å². The first-order valence-corrected chi connectivity index (χ1v) is 10.4. The van der Waals surface area contributed by atoms with Crippen LogP contribution in [0.3, 0.4) is 0 Å². The molecule has 1 atom stereocenters. The van der Waals surface area contributed by atoms with Crippen molar-refractivity contribution in [3.05, 3.63) is 68.2 Å². The molecule has 0 bridgehead atoms. The van der Waals surface area contributed by atoms with Crippen molar-refractivity contribution in [3.63, 3.8) is 0 Å². The number of aryl methyl sites for hydroxylation is 1. The number of carbonyl (C=O) groups is 2. The van der Waals surface area contributed by atoms with Crippen LogP contribution >= 0.6 is 23.2 Å². The molecule has 1 N–H and O–H groups in total. The predicted octanol–water partition coefficient (Wildman–Crippen LogP) is 4.49. The molecular weight excluding hydrogens is 425 g/mol. The van der Waals surface area contributed by atoms with Crippen molar-refractivity contribution in [3.8, 4) is 0 Å². The zero-order valence-corrected chi connectivity index (χ0v) is 17.8. The van der Waals surface area contributed by atoms with Gasteiger partial charge in [0, 0.05) is 34.3 Å². The predicted molar refractivity (Wildman–Crippen MR) is 117 cm³/mol. The second-order valence-electron chi connectivity index (χ2n) is 7.32. The number of benzene rings is 2. The van der Waals surface area contributed by atoms with Crippen molar-refractivity contribution in [2.45, 2.75) is 38.8 Å². The SMILES string of the molecule is Cc1nc2cccc(NCc3c(Cl)cccc3Cl)c2c(=O)n1C1CCC(=O)CC1=O. The van der Waals surface area contributed by atoms with Crippen molar-refractivity contribution >= 4 is 51.4 Å². The number of fused-ring (bicyclic) bond motifs is 1. The van der Waals surface area contributed by atoms with E-state index in [1.807, 2.05) is 0 Å². The Morgan fingerprint density at radius 3 is 2.50 bits per heavy atom. The second-order valence-corrected chi connectivity index (χ2v) is 8.14. The summed E-state index contributed by atoms with van der Waals surface area (Å²) in [7, 11) is 0. The minimum Gasteiger partial charge on any atom is -0.380 e. The fraction of sp³-hybridized carbons (Fsp3) is 0.273. The fourth-order valence-corrected chi connectivity index (χ4v) is 4.42. The minimum atomic E-state index is -0.668. The number of nitrogens with zero attached hydrogens (tertiary/aromatic N) is 2. The number of hydrogen-bond donors (Lipinski definition) is 1. The monoisotopic (exact) mass is 443 g/mol. The molecule has 0 radical (unpaired) electrons. The van der Waals surface area contributed by atoms with Crippen molar-refractivity contribution < 1.29 is 9.59 Å². The number of nitrogens with one attached hydrogen (secondary N) is 1. The van der Waals surface area contributed by atoms with Crippen LogP contribution in [0.5, 0.6) is 0 Å². The standard InChI is InChI=1S/C22H19Cl2N3O3/c1-12-26-18-7-3-6-17(25-11-14-15(23)4-2-5-16(14)24)21(18)22(30)27(12)19-9-8-13(28)10-20(19)29/h2-7,19,25H,8-11H2,1H3. The maximum absolute atomic E-state index is 13.4. The molecular formula is C22H19Cl2N3O3. The number of aromatic nitrogens is 2. The van der Waals surface area contributed by atoms with Gasteiger partial charge in [0.2, 0.25) is 0 Å². The van der Waals surface area contributed by atoms with Crippen molar-refractivity contribution in [1.29, 1.82) is 0 Å². The van der Waals surface area contributed by atoms with Crippen LogP contribution in [0.2, 0.25) is 10.0 Å². The molecule has 1 heterocycles. The number of hydrogen-bond acceptors (Lipinski definition) is 5. The van der Waals surface area contributed by atoms with Gasteiger partial charge in [0.25, 0.3) is 5.56 Å². The molecule has 0 aliphatic heterocycles. The molecule has 6 nitrogen and oxygen atoms in total. The van der Waals surface area contributed by atoms with E-state index in [1.165, 1.54) is 4.57 Å². The maximum atomic E-state index is 13.4. The lowest BCUT2D eigenvalue weighted by Crippen LogP contribution is -2.36. The first-order valence-electron chi connectivity index (χ1n) is 9.60. The zero-order chi connectivity index (χ0) is 21.4. The van der Waals surface area contributed by atoms with Crippen LogP contribution in [0.1, 0.15) is 36.7 Å². The molecule has 0 spiro atoms. The number of rotatable bonds is 4. The van der Waals surface area contributed by atoms with Crippen molar-refractivity contribution in [2.24, 2.45) is 0 Å². The van der Waals surface area contributed by atoms with Crippen LogP contribution in [0, 0.1) is 6.92 Å². The summed E-state index contributed by atoms with van der Waals surface area (Å²) in [5, 5.41) is 4.67. The number of carbonyl (C=O) groups excluding carboxylic acids is 2. The third-order valence-corrected chi connectivity index (χ3v) is 6.08. The van der Waals surface area contributed by atoms with Gasteiger partial charge < -0.3 is 5.32 Å². The van der Waals surface area contributed by atoms with Crippen LogP contribution < -0.4 is 10.9 Å². The lowest BCUT2D eigenvalue weighted by atomic mass is 9.92. The fourth-order valence-electron chi connectivity index (χ4n) is 3.89. The Balaban J connectivity index is 1.78. The Morgan fingerprint density at radius 1 is 1.10 bits per heavy atom. The Labute approximate surface area is 182 Å². The van der Waals surface area contributed by atoms with E-state index in [0.717, 1.165) is 5.56 Å². The molecule has 0 amide bonds. The van der Waals surface area contributed by atoms with Crippen LogP contribution in [0.15, 0.2) is 41.2 Å². The van der Waals surface area contributed by atoms with Gasteiger partial charge >= 0.3 is 0 Å². The highest BCUT2D eigenvalue weighted by Gasteiger charge is 2.31. The van der Waals surface area contributed by atoms with E-state index in [0.29, 0.717) is 45.4 Å². The number of ketones is 2. The lowest BCUT2D eigenvalue weighted by molar-refractivity contribution is -0.132. The second kappa shape index (κ2) is 8.20. The molecule has 2 aromatic carbocycles. The number of halogens is 2. The van der Waals surface area contributed by atoms with Gasteiger partial charge in [-0.25, -0.2) is 4.98 Å². The Bertz CT molecular complexity index is 1220. The van der Waals surface area contributed by atoms with Crippen LogP contribution in [-0.4, -0.2) is 21.1 Å². The molecule has 0 saturated heterocycles. The molecule has 1 fully saturated rings. The first kappa shape index (κ1) is 20.6. The lowest BCUT2D eigenvalue weighted by Gasteiger charge is -2.24. The average molecular weight is 444 g/mol. The van der Waals surface area contributed by atoms with Crippen LogP contribution in [0.4, 0.5) is 5.69 Å². The summed E-state index contributed by atoms with van der Waals surface area (Å²) in [6, 6.07) is 9.94. The highest BCUT2D eigenvalue weighted by molar-refractivity contribution is 6.36. The molecule has 1 unspecified atom stereocenters. The van der Waals surface area contributed by atoms with Gasteiger partial charge in [-0.05, 0) is 37.6 Å². The molecule has 1 saturated carbocycles. The largest absolute Gasteiger partial charge is 0.380 e. The molecule has 3 aromatic rings. The van der Waals surface area contributed by atoms with Crippen molar-refractivity contribution in [2.75, 3.05) is 5.32 Å². The van der Waals surface area contributed by atoms with Crippen LogP contribution in [0.25, 0.3) is 10.9 Å². The third kappa shape index (κ3) is 3.73. The van der Waals surface area contributed by atoms with Gasteiger partial charge in [0.05, 0.1) is 23.4 Å². The van der Waals surface area contributed by atoms with Crippen molar-refractivity contribution in [1.82, 2.24) is 9.55 Å².